The van der Waals surface area contributed by atoms with Gasteiger partial charge in [-0.2, -0.15) is 0 Å². The largest absolute Gasteiger partial charge is 0.497 e. The Bertz CT molecular complexity index is 687. The lowest BCUT2D eigenvalue weighted by atomic mass is 9.85. The van der Waals surface area contributed by atoms with Crippen LogP contribution in [0.25, 0.3) is 11.1 Å². The fourth-order valence-corrected chi connectivity index (χ4v) is 3.09. The van der Waals surface area contributed by atoms with Crippen LogP contribution >= 0.6 is 0 Å². The molecule has 0 heterocycles. The molecule has 0 saturated carbocycles. The van der Waals surface area contributed by atoms with E-state index < -0.39 is 0 Å². The third-order valence-electron chi connectivity index (χ3n) is 4.10. The molecule has 1 aliphatic carbocycles. The summed E-state index contributed by atoms with van der Waals surface area (Å²) in [5, 5.41) is 0. The smallest absolute Gasteiger partial charge is 0.308 e. The zero-order valence-corrected chi connectivity index (χ0v) is 13.0. The molecule has 0 radical (unpaired) electrons. The van der Waals surface area contributed by atoms with Gasteiger partial charge in [0.05, 0.1) is 7.11 Å². The maximum absolute atomic E-state index is 11.3. The molecule has 0 bridgehead atoms. The first-order chi connectivity index (χ1) is 10.7. The van der Waals surface area contributed by atoms with Gasteiger partial charge in [-0.05, 0) is 72.2 Å². The molecule has 1 aliphatic rings. The summed E-state index contributed by atoms with van der Waals surface area (Å²) in [6, 6.07) is 12.0. The Morgan fingerprint density at radius 2 is 1.73 bits per heavy atom. The van der Waals surface area contributed by atoms with E-state index in [9.17, 15) is 4.79 Å². The van der Waals surface area contributed by atoms with Crippen molar-refractivity contribution in [1.82, 2.24) is 0 Å². The van der Waals surface area contributed by atoms with Crippen LogP contribution < -0.4 is 9.47 Å². The van der Waals surface area contributed by atoms with Gasteiger partial charge in [0.2, 0.25) is 0 Å². The van der Waals surface area contributed by atoms with Crippen molar-refractivity contribution in [1.29, 1.82) is 0 Å². The number of methoxy groups -OCH3 is 1. The molecule has 0 unspecified atom stereocenters. The number of carbonyl (C=O) groups excluding carboxylic acids is 1. The molecule has 0 aromatic heterocycles. The van der Waals surface area contributed by atoms with Gasteiger partial charge in [0, 0.05) is 6.92 Å². The van der Waals surface area contributed by atoms with E-state index in [1.165, 1.54) is 30.9 Å². The molecule has 0 atom stereocenters. The van der Waals surface area contributed by atoms with E-state index in [0.29, 0.717) is 5.75 Å². The highest BCUT2D eigenvalue weighted by Crippen LogP contribution is 2.36. The second-order valence-corrected chi connectivity index (χ2v) is 5.64. The van der Waals surface area contributed by atoms with E-state index in [4.69, 9.17) is 9.47 Å². The fraction of sp³-hybridized carbons (Fsp3) is 0.316. The molecule has 22 heavy (non-hydrogen) atoms. The van der Waals surface area contributed by atoms with Crippen molar-refractivity contribution in [3.8, 4) is 22.6 Å². The summed E-state index contributed by atoms with van der Waals surface area (Å²) in [6.45, 7) is 1.44. The Morgan fingerprint density at radius 1 is 1.00 bits per heavy atom. The van der Waals surface area contributed by atoms with E-state index in [-0.39, 0.29) is 5.97 Å². The highest BCUT2D eigenvalue weighted by atomic mass is 16.5. The third-order valence-corrected chi connectivity index (χ3v) is 4.10. The molecule has 3 rings (SSSR count). The van der Waals surface area contributed by atoms with Gasteiger partial charge in [-0.25, -0.2) is 0 Å². The average molecular weight is 296 g/mol. The van der Waals surface area contributed by atoms with E-state index in [0.717, 1.165) is 29.7 Å². The highest BCUT2D eigenvalue weighted by molar-refractivity contribution is 5.74. The lowest BCUT2D eigenvalue weighted by molar-refractivity contribution is -0.131. The molecule has 0 aliphatic heterocycles. The van der Waals surface area contributed by atoms with Gasteiger partial charge in [-0.3, -0.25) is 4.79 Å². The Labute approximate surface area is 130 Å². The second-order valence-electron chi connectivity index (χ2n) is 5.64. The quantitative estimate of drug-likeness (QED) is 0.630. The minimum atomic E-state index is -0.281. The Morgan fingerprint density at radius 3 is 2.41 bits per heavy atom. The van der Waals surface area contributed by atoms with Crippen molar-refractivity contribution < 1.29 is 14.3 Å². The van der Waals surface area contributed by atoms with Crippen LogP contribution in [0.1, 0.15) is 30.9 Å². The molecule has 2 aromatic rings. The number of ether oxygens (including phenoxy) is 2. The molecule has 0 fully saturated rings. The monoisotopic (exact) mass is 296 g/mol. The van der Waals surface area contributed by atoms with Gasteiger partial charge in [-0.1, -0.05) is 12.1 Å². The van der Waals surface area contributed by atoms with Gasteiger partial charge in [-0.15, -0.1) is 0 Å². The summed E-state index contributed by atoms with van der Waals surface area (Å²) in [4.78, 5) is 11.3. The van der Waals surface area contributed by atoms with E-state index >= 15 is 0 Å². The molecule has 3 heteroatoms. The van der Waals surface area contributed by atoms with Crippen LogP contribution in [-0.4, -0.2) is 13.1 Å². The number of hydrogen-bond donors (Lipinski definition) is 0. The van der Waals surface area contributed by atoms with Gasteiger partial charge in [0.1, 0.15) is 11.5 Å². The Hall–Kier alpha value is -2.29. The van der Waals surface area contributed by atoms with Gasteiger partial charge < -0.3 is 9.47 Å². The number of fused-ring (bicyclic) bond motifs is 1. The van der Waals surface area contributed by atoms with Crippen molar-refractivity contribution in [3.05, 3.63) is 47.5 Å². The zero-order chi connectivity index (χ0) is 15.5. The highest BCUT2D eigenvalue weighted by Gasteiger charge is 2.17. The lowest BCUT2D eigenvalue weighted by Crippen LogP contribution is -2.07. The molecular formula is C19H20O3. The number of carbonyl (C=O) groups is 1. The summed E-state index contributed by atoms with van der Waals surface area (Å²) in [5.74, 6) is 1.20. The van der Waals surface area contributed by atoms with E-state index in [2.05, 4.69) is 12.1 Å². The SMILES string of the molecule is COc1ccc(-c2cc(OC(C)=O)cc3c2CCCC3)cc1. The first kappa shape index (κ1) is 14.6. The fourth-order valence-electron chi connectivity index (χ4n) is 3.09. The van der Waals surface area contributed by atoms with Gasteiger partial charge >= 0.3 is 5.97 Å². The normalized spacial score (nSPS) is 13.4. The van der Waals surface area contributed by atoms with Crippen LogP contribution in [0.3, 0.4) is 0 Å². The number of hydrogen-bond acceptors (Lipinski definition) is 3. The lowest BCUT2D eigenvalue weighted by Gasteiger charge is -2.21. The standard InChI is InChI=1S/C19H20O3/c1-13(20)22-17-11-15-5-3-4-6-18(15)19(12-17)14-7-9-16(21-2)10-8-14/h7-12H,3-6H2,1-2H3. The summed E-state index contributed by atoms with van der Waals surface area (Å²) in [6.07, 6.45) is 4.53. The van der Waals surface area contributed by atoms with E-state index in [1.807, 2.05) is 24.3 Å². The average Bonchev–Trinajstić information content (AvgIpc) is 2.53. The van der Waals surface area contributed by atoms with Crippen molar-refractivity contribution >= 4 is 5.97 Å². The number of aryl methyl sites for hydroxylation is 1. The van der Waals surface area contributed by atoms with Crippen LogP contribution in [0.5, 0.6) is 11.5 Å². The summed E-state index contributed by atoms with van der Waals surface area (Å²) >= 11 is 0. The maximum Gasteiger partial charge on any atom is 0.308 e. The van der Waals surface area contributed by atoms with E-state index in [1.54, 1.807) is 7.11 Å². The van der Waals surface area contributed by atoms with Crippen LogP contribution in [0.4, 0.5) is 0 Å². The third kappa shape index (κ3) is 2.98. The molecule has 3 nitrogen and oxygen atoms in total. The Kier molecular flexibility index (Phi) is 4.14. The minimum absolute atomic E-state index is 0.281. The van der Waals surface area contributed by atoms with Gasteiger partial charge in [0.25, 0.3) is 0 Å². The van der Waals surface area contributed by atoms with Crippen molar-refractivity contribution in [2.45, 2.75) is 32.6 Å². The van der Waals surface area contributed by atoms with Crippen LogP contribution in [0.15, 0.2) is 36.4 Å². The van der Waals surface area contributed by atoms with Crippen LogP contribution in [-0.2, 0) is 17.6 Å². The van der Waals surface area contributed by atoms with Crippen LogP contribution in [0.2, 0.25) is 0 Å². The predicted octanol–water partition coefficient (Wildman–Crippen LogP) is 4.17. The summed E-state index contributed by atoms with van der Waals surface area (Å²) < 4.78 is 10.5. The molecule has 0 spiro atoms. The number of esters is 1. The zero-order valence-electron chi connectivity index (χ0n) is 13.0. The number of rotatable bonds is 3. The minimum Gasteiger partial charge on any atom is -0.497 e. The molecule has 0 N–H and O–H groups in total. The van der Waals surface area contributed by atoms with Crippen LogP contribution in [0, 0.1) is 0 Å². The summed E-state index contributed by atoms with van der Waals surface area (Å²) in [5.41, 5.74) is 4.98. The first-order valence-electron chi connectivity index (χ1n) is 7.66. The second kappa shape index (κ2) is 6.22. The van der Waals surface area contributed by atoms with Crippen molar-refractivity contribution in [2.75, 3.05) is 7.11 Å². The molecule has 114 valence electrons. The number of benzene rings is 2. The first-order valence-corrected chi connectivity index (χ1v) is 7.66. The summed E-state index contributed by atoms with van der Waals surface area (Å²) in [7, 11) is 1.66. The van der Waals surface area contributed by atoms with Crippen molar-refractivity contribution in [3.63, 3.8) is 0 Å². The molecule has 2 aromatic carbocycles. The van der Waals surface area contributed by atoms with Gasteiger partial charge in [0.15, 0.2) is 0 Å². The molecule has 0 amide bonds. The topological polar surface area (TPSA) is 35.5 Å². The molecular weight excluding hydrogens is 276 g/mol. The van der Waals surface area contributed by atoms with Crippen molar-refractivity contribution in [2.24, 2.45) is 0 Å². The maximum atomic E-state index is 11.3. The predicted molar refractivity (Wildman–Crippen MR) is 86.4 cm³/mol. The molecule has 0 saturated heterocycles. The Balaban J connectivity index is 2.08.